The summed E-state index contributed by atoms with van der Waals surface area (Å²) in [7, 11) is -3.47. The highest BCUT2D eigenvalue weighted by Crippen LogP contribution is 2.55. The summed E-state index contributed by atoms with van der Waals surface area (Å²) >= 11 is 2.31. The van der Waals surface area contributed by atoms with Crippen molar-refractivity contribution in [2.24, 2.45) is 23.7 Å². The number of carbonyl (C=O) groups excluding carboxylic acids is 1. The van der Waals surface area contributed by atoms with Crippen LogP contribution >= 0.6 is 22.6 Å². The number of hydrogen-bond donors (Lipinski definition) is 0. The van der Waals surface area contributed by atoms with Gasteiger partial charge in [-0.2, -0.15) is 8.42 Å². The lowest BCUT2D eigenvalue weighted by atomic mass is 9.54. The zero-order valence-electron chi connectivity index (χ0n) is 9.50. The summed E-state index contributed by atoms with van der Waals surface area (Å²) in [6.45, 7) is 0. The Hall–Kier alpha value is 0.310. The third kappa shape index (κ3) is 1.96. The van der Waals surface area contributed by atoms with Crippen molar-refractivity contribution >= 4 is 38.5 Å². The molecule has 0 spiro atoms. The van der Waals surface area contributed by atoms with Crippen molar-refractivity contribution in [3.8, 4) is 0 Å². The van der Waals surface area contributed by atoms with Crippen molar-refractivity contribution in [1.82, 2.24) is 0 Å². The van der Waals surface area contributed by atoms with Gasteiger partial charge in [0.2, 0.25) is 0 Å². The van der Waals surface area contributed by atoms with E-state index in [0.29, 0.717) is 5.92 Å². The molecule has 0 aromatic rings. The predicted molar refractivity (Wildman–Crippen MR) is 70.3 cm³/mol. The zero-order valence-corrected chi connectivity index (χ0v) is 12.5. The molecule has 4 aliphatic carbocycles. The molecular formula is C11H15IO4S. The van der Waals surface area contributed by atoms with Crippen molar-refractivity contribution < 1.29 is 17.4 Å². The summed E-state index contributed by atoms with van der Waals surface area (Å²) in [6.07, 6.45) is 3.53. The van der Waals surface area contributed by atoms with Crippen LogP contribution < -0.4 is 0 Å². The van der Waals surface area contributed by atoms with Gasteiger partial charge in [-0.1, -0.05) is 22.6 Å². The van der Waals surface area contributed by atoms with Crippen molar-refractivity contribution in [3.05, 3.63) is 0 Å². The minimum atomic E-state index is -3.47. The van der Waals surface area contributed by atoms with Gasteiger partial charge >= 0.3 is 0 Å². The van der Waals surface area contributed by atoms with Gasteiger partial charge in [-0.25, -0.2) is 0 Å². The van der Waals surface area contributed by atoms with Crippen LogP contribution in [0.3, 0.4) is 0 Å². The summed E-state index contributed by atoms with van der Waals surface area (Å²) < 4.78 is 28.1. The first-order chi connectivity index (χ1) is 7.87. The normalized spacial score (nSPS) is 48.7. The van der Waals surface area contributed by atoms with Crippen LogP contribution in [0, 0.1) is 23.7 Å². The summed E-state index contributed by atoms with van der Waals surface area (Å²) in [5.74, 6) is 1.07. The fourth-order valence-electron chi connectivity index (χ4n) is 3.86. The Kier molecular flexibility index (Phi) is 2.83. The second kappa shape index (κ2) is 3.90. The van der Waals surface area contributed by atoms with E-state index >= 15 is 0 Å². The molecule has 0 N–H and O–H groups in total. The molecule has 4 nitrogen and oxygen atoms in total. The average molecular weight is 370 g/mol. The first-order valence-electron chi connectivity index (χ1n) is 5.93. The highest BCUT2D eigenvalue weighted by Gasteiger charge is 2.58. The highest BCUT2D eigenvalue weighted by molar-refractivity contribution is 14.1. The average Bonchev–Trinajstić information content (AvgIpc) is 2.21. The monoisotopic (exact) mass is 370 g/mol. The van der Waals surface area contributed by atoms with Crippen molar-refractivity contribution in [2.45, 2.75) is 29.3 Å². The highest BCUT2D eigenvalue weighted by atomic mass is 127. The van der Waals surface area contributed by atoms with Crippen LogP contribution in [0.15, 0.2) is 0 Å². The maximum atomic E-state index is 12.2. The molecule has 0 aliphatic heterocycles. The smallest absolute Gasteiger partial charge is 0.264 e. The van der Waals surface area contributed by atoms with Crippen molar-refractivity contribution in [3.63, 3.8) is 0 Å². The number of alkyl halides is 1. The molecule has 0 aromatic carbocycles. The Morgan fingerprint density at radius 2 is 1.88 bits per heavy atom. The Morgan fingerprint density at radius 1 is 1.24 bits per heavy atom. The Balaban J connectivity index is 1.93. The lowest BCUT2D eigenvalue weighted by Crippen LogP contribution is -2.60. The molecule has 4 fully saturated rings. The van der Waals surface area contributed by atoms with Crippen LogP contribution in [0.25, 0.3) is 0 Å². The maximum Gasteiger partial charge on any atom is 0.264 e. The number of ketones is 1. The largest absolute Gasteiger partial charge is 0.299 e. The quantitative estimate of drug-likeness (QED) is 0.419. The molecule has 6 atom stereocenters. The number of hydrogen-bond acceptors (Lipinski definition) is 4. The van der Waals surface area contributed by atoms with Gasteiger partial charge in [-0.15, -0.1) is 0 Å². The van der Waals surface area contributed by atoms with Crippen LogP contribution in [-0.2, 0) is 19.1 Å². The number of rotatable bonds is 2. The summed E-state index contributed by atoms with van der Waals surface area (Å²) in [4.78, 5) is 12.2. The van der Waals surface area contributed by atoms with E-state index < -0.39 is 16.2 Å². The van der Waals surface area contributed by atoms with Gasteiger partial charge in [0.25, 0.3) is 10.1 Å². The van der Waals surface area contributed by atoms with E-state index in [0.717, 1.165) is 25.5 Å². The minimum absolute atomic E-state index is 0.150. The first-order valence-corrected chi connectivity index (χ1v) is 8.99. The van der Waals surface area contributed by atoms with Crippen molar-refractivity contribution in [2.75, 3.05) is 6.26 Å². The molecule has 4 saturated carbocycles. The number of halogens is 1. The van der Waals surface area contributed by atoms with Gasteiger partial charge in [0.05, 0.1) is 12.4 Å². The fourth-order valence-corrected chi connectivity index (χ4v) is 5.90. The molecule has 4 bridgehead atoms. The second-order valence-electron chi connectivity index (χ2n) is 5.56. The van der Waals surface area contributed by atoms with Crippen LogP contribution in [0.5, 0.6) is 0 Å². The zero-order chi connectivity index (χ0) is 12.4. The summed E-state index contributed by atoms with van der Waals surface area (Å²) in [6, 6.07) is 0. The second-order valence-corrected chi connectivity index (χ2v) is 8.60. The molecule has 0 saturated heterocycles. The predicted octanol–water partition coefficient (Wildman–Crippen LogP) is 1.38. The number of Topliss-reactive ketones (excluding diaryl/α,β-unsaturated/α-hetero) is 1. The van der Waals surface area contributed by atoms with Gasteiger partial charge in [0.15, 0.2) is 0 Å². The maximum absolute atomic E-state index is 12.2. The standard InChI is InChI=1S/C11H15IO4S/c1-17(14,15)16-11-7-3-5-2-6(9(7)12)10(13)8(11)4-5/h5-9,11H,2-4H2,1H3/t5-,6+,7-,8+,9+,11-/m0/s1. The lowest BCUT2D eigenvalue weighted by Gasteiger charge is -2.54. The van der Waals surface area contributed by atoms with E-state index in [9.17, 15) is 13.2 Å². The lowest BCUT2D eigenvalue weighted by molar-refractivity contribution is -0.149. The number of carbonyl (C=O) groups is 1. The van der Waals surface area contributed by atoms with E-state index in [4.69, 9.17) is 4.18 Å². The van der Waals surface area contributed by atoms with Crippen LogP contribution in [0.1, 0.15) is 19.3 Å². The molecule has 17 heavy (non-hydrogen) atoms. The van der Waals surface area contributed by atoms with Gasteiger partial charge in [0.1, 0.15) is 5.78 Å². The topological polar surface area (TPSA) is 60.4 Å². The molecule has 0 radical (unpaired) electrons. The summed E-state index contributed by atoms with van der Waals surface area (Å²) in [5.41, 5.74) is 0. The molecule has 96 valence electrons. The van der Waals surface area contributed by atoms with Crippen LogP contribution in [-0.4, -0.2) is 30.5 Å². The third-order valence-corrected chi connectivity index (χ3v) is 6.77. The van der Waals surface area contributed by atoms with Gasteiger partial charge in [-0.05, 0) is 31.1 Å². The van der Waals surface area contributed by atoms with Crippen molar-refractivity contribution in [1.29, 1.82) is 0 Å². The Bertz CT molecular complexity index is 460. The van der Waals surface area contributed by atoms with E-state index in [1.807, 2.05) is 0 Å². The fraction of sp³-hybridized carbons (Fsp3) is 0.909. The summed E-state index contributed by atoms with van der Waals surface area (Å²) in [5, 5.41) is 0. The molecular weight excluding hydrogens is 355 g/mol. The van der Waals surface area contributed by atoms with Crippen LogP contribution in [0.2, 0.25) is 0 Å². The van der Waals surface area contributed by atoms with Crippen LogP contribution in [0.4, 0.5) is 0 Å². The molecule has 4 rings (SSSR count). The minimum Gasteiger partial charge on any atom is -0.299 e. The van der Waals surface area contributed by atoms with E-state index in [-0.39, 0.29) is 27.5 Å². The van der Waals surface area contributed by atoms with E-state index in [1.165, 1.54) is 0 Å². The molecule has 0 unspecified atom stereocenters. The molecule has 0 aromatic heterocycles. The molecule has 6 heteroatoms. The van der Waals surface area contributed by atoms with Gasteiger partial charge in [0, 0.05) is 15.8 Å². The van der Waals surface area contributed by atoms with Gasteiger partial charge in [-0.3, -0.25) is 8.98 Å². The molecule has 4 aliphatic rings. The molecule has 0 amide bonds. The Morgan fingerprint density at radius 3 is 2.53 bits per heavy atom. The third-order valence-electron chi connectivity index (χ3n) is 4.41. The van der Waals surface area contributed by atoms with Gasteiger partial charge < -0.3 is 0 Å². The van der Waals surface area contributed by atoms with E-state index in [1.54, 1.807) is 0 Å². The Labute approximate surface area is 115 Å². The van der Waals surface area contributed by atoms with E-state index in [2.05, 4.69) is 22.6 Å². The molecule has 0 heterocycles. The first kappa shape index (κ1) is 12.3. The SMILES string of the molecule is CS(=O)(=O)O[C@H]1[C@H]2C[C@H]3C[C@@H]1C(=O)[C@H](C3)[C@H]2I.